The molecular formula is C17H34N4S. The molecule has 128 valence electrons. The molecular weight excluding hydrogens is 292 g/mol. The van der Waals surface area contributed by atoms with Crippen LogP contribution in [0.5, 0.6) is 0 Å². The van der Waals surface area contributed by atoms with Crippen LogP contribution in [-0.4, -0.2) is 61.1 Å². The number of piperidine rings is 1. The summed E-state index contributed by atoms with van der Waals surface area (Å²) in [5, 5.41) is 7.91. The highest BCUT2D eigenvalue weighted by Gasteiger charge is 2.24. The summed E-state index contributed by atoms with van der Waals surface area (Å²) < 4.78 is 0. The monoisotopic (exact) mass is 326 g/mol. The predicted molar refractivity (Wildman–Crippen MR) is 98.9 cm³/mol. The second kappa shape index (κ2) is 9.66. The van der Waals surface area contributed by atoms with E-state index in [2.05, 4.69) is 33.7 Å². The van der Waals surface area contributed by atoms with Gasteiger partial charge in [-0.25, -0.2) is 0 Å². The number of hydrogen-bond donors (Lipinski definition) is 2. The third kappa shape index (κ3) is 5.65. The maximum Gasteiger partial charge on any atom is 0.191 e. The van der Waals surface area contributed by atoms with Crippen LogP contribution in [0.4, 0.5) is 0 Å². The molecule has 1 aliphatic heterocycles. The first-order chi connectivity index (χ1) is 10.7. The first-order valence-electron chi connectivity index (χ1n) is 8.97. The molecule has 1 saturated carbocycles. The summed E-state index contributed by atoms with van der Waals surface area (Å²) in [6, 6.07) is 1.37. The molecule has 1 heterocycles. The zero-order valence-corrected chi connectivity index (χ0v) is 15.4. The first-order valence-corrected chi connectivity index (χ1v) is 10.3. The number of nitrogens with one attached hydrogen (secondary N) is 2. The molecule has 2 rings (SSSR count). The first kappa shape index (κ1) is 17.9. The highest BCUT2D eigenvalue weighted by molar-refractivity contribution is 7.99. The standard InChI is InChI=1S/C17H34N4S/c1-14-7-4-5-11-21(14)12-6-10-19-17(18-2)20-15-8-9-16(13-15)22-3/h14-16H,4-13H2,1-3H3,(H2,18,19,20). The lowest BCUT2D eigenvalue weighted by molar-refractivity contribution is 0.159. The van der Waals surface area contributed by atoms with E-state index in [4.69, 9.17) is 0 Å². The van der Waals surface area contributed by atoms with Crippen LogP contribution in [0.15, 0.2) is 4.99 Å². The molecule has 3 atom stereocenters. The molecule has 0 radical (unpaired) electrons. The van der Waals surface area contributed by atoms with Crippen molar-refractivity contribution in [3.05, 3.63) is 0 Å². The zero-order chi connectivity index (χ0) is 15.8. The summed E-state index contributed by atoms with van der Waals surface area (Å²) in [6.07, 6.45) is 11.5. The van der Waals surface area contributed by atoms with Crippen LogP contribution in [0, 0.1) is 0 Å². The van der Waals surface area contributed by atoms with E-state index in [0.29, 0.717) is 6.04 Å². The Morgan fingerprint density at radius 2 is 2.14 bits per heavy atom. The van der Waals surface area contributed by atoms with Gasteiger partial charge in [0.15, 0.2) is 5.96 Å². The summed E-state index contributed by atoms with van der Waals surface area (Å²) in [7, 11) is 1.88. The summed E-state index contributed by atoms with van der Waals surface area (Å²) >= 11 is 2.00. The predicted octanol–water partition coefficient (Wildman–Crippen LogP) is 2.70. The Morgan fingerprint density at radius 1 is 1.27 bits per heavy atom. The smallest absolute Gasteiger partial charge is 0.191 e. The van der Waals surface area contributed by atoms with Gasteiger partial charge in [0.2, 0.25) is 0 Å². The Balaban J connectivity index is 1.60. The number of hydrogen-bond acceptors (Lipinski definition) is 3. The normalized spacial score (nSPS) is 30.5. The Kier molecular flexibility index (Phi) is 7.87. The van der Waals surface area contributed by atoms with Crippen molar-refractivity contribution in [2.45, 2.75) is 69.2 Å². The van der Waals surface area contributed by atoms with Crippen molar-refractivity contribution in [3.8, 4) is 0 Å². The molecule has 5 heteroatoms. The van der Waals surface area contributed by atoms with Gasteiger partial charge in [-0.1, -0.05) is 6.42 Å². The van der Waals surface area contributed by atoms with Crippen LogP contribution in [-0.2, 0) is 0 Å². The fourth-order valence-electron chi connectivity index (χ4n) is 3.65. The van der Waals surface area contributed by atoms with E-state index in [1.165, 1.54) is 58.0 Å². The number of aliphatic imine (C=N–C) groups is 1. The number of thioether (sulfide) groups is 1. The second-order valence-corrected chi connectivity index (χ2v) is 7.88. The topological polar surface area (TPSA) is 39.7 Å². The van der Waals surface area contributed by atoms with E-state index in [0.717, 1.165) is 23.8 Å². The number of nitrogens with zero attached hydrogens (tertiary/aromatic N) is 2. The molecule has 1 aliphatic carbocycles. The quantitative estimate of drug-likeness (QED) is 0.447. The summed E-state index contributed by atoms with van der Waals surface area (Å²) in [6.45, 7) is 5.88. The minimum absolute atomic E-state index is 0.603. The SMILES string of the molecule is CN=C(NCCCN1CCCCC1C)NC1CCC(SC)C1. The molecule has 1 saturated heterocycles. The van der Waals surface area contributed by atoms with Gasteiger partial charge in [-0.2, -0.15) is 11.8 Å². The van der Waals surface area contributed by atoms with Crippen molar-refractivity contribution in [2.75, 3.05) is 32.9 Å². The summed E-state index contributed by atoms with van der Waals surface area (Å²) in [4.78, 5) is 7.02. The second-order valence-electron chi connectivity index (χ2n) is 6.75. The van der Waals surface area contributed by atoms with Gasteiger partial charge in [0.25, 0.3) is 0 Å². The van der Waals surface area contributed by atoms with E-state index < -0.39 is 0 Å². The molecule has 0 aromatic carbocycles. The van der Waals surface area contributed by atoms with Crippen LogP contribution >= 0.6 is 11.8 Å². The summed E-state index contributed by atoms with van der Waals surface area (Å²) in [5.41, 5.74) is 0. The third-order valence-electron chi connectivity index (χ3n) is 5.14. The fourth-order valence-corrected chi connectivity index (χ4v) is 4.45. The lowest BCUT2D eigenvalue weighted by Crippen LogP contribution is -2.44. The zero-order valence-electron chi connectivity index (χ0n) is 14.6. The molecule has 0 aromatic heterocycles. The minimum Gasteiger partial charge on any atom is -0.356 e. The maximum absolute atomic E-state index is 4.38. The van der Waals surface area contributed by atoms with Crippen LogP contribution < -0.4 is 10.6 Å². The average molecular weight is 327 g/mol. The lowest BCUT2D eigenvalue weighted by atomic mass is 10.0. The van der Waals surface area contributed by atoms with Gasteiger partial charge in [0.1, 0.15) is 0 Å². The number of likely N-dealkylation sites (tertiary alicyclic amines) is 1. The molecule has 2 N–H and O–H groups in total. The fraction of sp³-hybridized carbons (Fsp3) is 0.941. The number of guanidine groups is 1. The van der Waals surface area contributed by atoms with E-state index in [1.54, 1.807) is 0 Å². The third-order valence-corrected chi connectivity index (χ3v) is 6.23. The summed E-state index contributed by atoms with van der Waals surface area (Å²) in [5.74, 6) is 0.985. The van der Waals surface area contributed by atoms with Gasteiger partial charge < -0.3 is 15.5 Å². The van der Waals surface area contributed by atoms with E-state index >= 15 is 0 Å². The lowest BCUT2D eigenvalue weighted by Gasteiger charge is -2.33. The van der Waals surface area contributed by atoms with Crippen LogP contribution in [0.25, 0.3) is 0 Å². The molecule has 2 aliphatic rings. The average Bonchev–Trinajstić information content (AvgIpc) is 2.99. The van der Waals surface area contributed by atoms with Crippen LogP contribution in [0.3, 0.4) is 0 Å². The number of rotatable bonds is 6. The molecule has 2 fully saturated rings. The highest BCUT2D eigenvalue weighted by atomic mass is 32.2. The van der Waals surface area contributed by atoms with Crippen molar-refractivity contribution in [3.63, 3.8) is 0 Å². The maximum atomic E-state index is 4.38. The molecule has 0 amide bonds. The molecule has 0 bridgehead atoms. The molecule has 22 heavy (non-hydrogen) atoms. The van der Waals surface area contributed by atoms with Gasteiger partial charge in [0, 0.05) is 37.5 Å². The van der Waals surface area contributed by atoms with E-state index in [-0.39, 0.29) is 0 Å². The minimum atomic E-state index is 0.603. The largest absolute Gasteiger partial charge is 0.356 e. The van der Waals surface area contributed by atoms with Crippen LogP contribution in [0.2, 0.25) is 0 Å². The van der Waals surface area contributed by atoms with Gasteiger partial charge in [-0.15, -0.1) is 0 Å². The Morgan fingerprint density at radius 3 is 2.82 bits per heavy atom. The van der Waals surface area contributed by atoms with Gasteiger partial charge in [0.05, 0.1) is 0 Å². The Bertz CT molecular complexity index is 348. The molecule has 0 spiro atoms. The van der Waals surface area contributed by atoms with Gasteiger partial charge >= 0.3 is 0 Å². The molecule has 3 unspecified atom stereocenters. The van der Waals surface area contributed by atoms with E-state index in [9.17, 15) is 0 Å². The van der Waals surface area contributed by atoms with Crippen molar-refractivity contribution in [2.24, 2.45) is 4.99 Å². The van der Waals surface area contributed by atoms with Crippen LogP contribution in [0.1, 0.15) is 51.9 Å². The van der Waals surface area contributed by atoms with Gasteiger partial charge in [-0.05, 0) is 58.2 Å². The van der Waals surface area contributed by atoms with Gasteiger partial charge in [-0.3, -0.25) is 4.99 Å². The van der Waals surface area contributed by atoms with Crippen molar-refractivity contribution in [1.82, 2.24) is 15.5 Å². The highest BCUT2D eigenvalue weighted by Crippen LogP contribution is 2.27. The molecule has 4 nitrogen and oxygen atoms in total. The Hall–Kier alpha value is -0.420. The van der Waals surface area contributed by atoms with Crippen molar-refractivity contribution >= 4 is 17.7 Å². The van der Waals surface area contributed by atoms with E-state index in [1.807, 2.05) is 18.8 Å². The van der Waals surface area contributed by atoms with Crippen molar-refractivity contribution in [1.29, 1.82) is 0 Å². The van der Waals surface area contributed by atoms with Crippen molar-refractivity contribution < 1.29 is 0 Å². The Labute approximate surface area is 140 Å². The molecule has 0 aromatic rings.